The highest BCUT2D eigenvalue weighted by Crippen LogP contribution is 2.49. The van der Waals surface area contributed by atoms with E-state index in [1.165, 1.54) is 12.0 Å². The summed E-state index contributed by atoms with van der Waals surface area (Å²) in [6.07, 6.45) is 4.91. The molecule has 17 heavy (non-hydrogen) atoms. The number of carboxylic acid groups (broad SMARTS) is 1. The molecular weight excluding hydrogens is 280 g/mol. The van der Waals surface area contributed by atoms with Gasteiger partial charge >= 0.3 is 5.97 Å². The molecule has 2 aliphatic carbocycles. The number of benzene rings is 1. The molecule has 0 spiro atoms. The number of carbonyl (C=O) groups is 1. The lowest BCUT2D eigenvalue weighted by Crippen LogP contribution is -2.24. The van der Waals surface area contributed by atoms with Crippen LogP contribution in [0.4, 0.5) is 0 Å². The monoisotopic (exact) mass is 292 g/mol. The van der Waals surface area contributed by atoms with Gasteiger partial charge in [-0.3, -0.25) is 0 Å². The van der Waals surface area contributed by atoms with E-state index in [-0.39, 0.29) is 0 Å². The summed E-state index contributed by atoms with van der Waals surface area (Å²) in [4.78, 5) is 11.2. The summed E-state index contributed by atoms with van der Waals surface area (Å²) in [5, 5.41) is 9.19. The van der Waals surface area contributed by atoms with Crippen LogP contribution in [-0.4, -0.2) is 11.1 Å². The van der Waals surface area contributed by atoms with E-state index < -0.39 is 5.97 Å². The standard InChI is InChI=1S/C14H13BrO2/c15-11-3-1-9-6-10(14(16)17)5-8-2-4-12(8)13(9)7-11/h1,3,6-8,12H,2,4-5H2,(H,16,17). The molecule has 2 nitrogen and oxygen atoms in total. The van der Waals surface area contributed by atoms with E-state index in [4.69, 9.17) is 0 Å². The predicted octanol–water partition coefficient (Wildman–Crippen LogP) is 3.81. The first-order valence-corrected chi connectivity index (χ1v) is 6.68. The molecule has 0 amide bonds. The van der Waals surface area contributed by atoms with E-state index in [0.29, 0.717) is 23.8 Å². The number of rotatable bonds is 1. The van der Waals surface area contributed by atoms with E-state index in [2.05, 4.69) is 22.0 Å². The van der Waals surface area contributed by atoms with Gasteiger partial charge in [0.2, 0.25) is 0 Å². The molecular formula is C14H13BrO2. The van der Waals surface area contributed by atoms with Gasteiger partial charge in [0.1, 0.15) is 0 Å². The largest absolute Gasteiger partial charge is 0.478 e. The smallest absolute Gasteiger partial charge is 0.331 e. The third-order valence-electron chi connectivity index (χ3n) is 3.95. The Hall–Kier alpha value is -1.09. The molecule has 0 radical (unpaired) electrons. The van der Waals surface area contributed by atoms with Crippen molar-refractivity contribution in [2.75, 3.05) is 0 Å². The van der Waals surface area contributed by atoms with Gasteiger partial charge in [0.05, 0.1) is 0 Å². The number of hydrogen-bond acceptors (Lipinski definition) is 1. The minimum Gasteiger partial charge on any atom is -0.478 e. The molecule has 1 aromatic carbocycles. The molecule has 0 aliphatic heterocycles. The van der Waals surface area contributed by atoms with E-state index in [9.17, 15) is 9.90 Å². The third kappa shape index (κ3) is 1.82. The van der Waals surface area contributed by atoms with Crippen molar-refractivity contribution in [2.45, 2.75) is 25.2 Å². The Kier molecular flexibility index (Phi) is 2.58. The van der Waals surface area contributed by atoms with Gasteiger partial charge in [-0.25, -0.2) is 4.79 Å². The van der Waals surface area contributed by atoms with Gasteiger partial charge in [0.25, 0.3) is 0 Å². The van der Waals surface area contributed by atoms with Crippen LogP contribution >= 0.6 is 15.9 Å². The fraction of sp³-hybridized carbons (Fsp3) is 0.357. The average Bonchev–Trinajstić information content (AvgIpc) is 2.33. The molecule has 2 atom stereocenters. The van der Waals surface area contributed by atoms with Crippen LogP contribution in [0.2, 0.25) is 0 Å². The highest BCUT2D eigenvalue weighted by Gasteiger charge is 2.36. The first kappa shape index (κ1) is 11.0. The van der Waals surface area contributed by atoms with Crippen molar-refractivity contribution in [3.63, 3.8) is 0 Å². The molecule has 0 aromatic heterocycles. The highest BCUT2D eigenvalue weighted by molar-refractivity contribution is 9.10. The van der Waals surface area contributed by atoms with Crippen molar-refractivity contribution in [1.82, 2.24) is 0 Å². The number of carboxylic acids is 1. The molecule has 88 valence electrons. The summed E-state index contributed by atoms with van der Waals surface area (Å²) in [6, 6.07) is 6.14. The minimum absolute atomic E-state index is 0.521. The van der Waals surface area contributed by atoms with Crippen LogP contribution in [0, 0.1) is 5.92 Å². The van der Waals surface area contributed by atoms with Crippen LogP contribution in [0.25, 0.3) is 6.08 Å². The maximum absolute atomic E-state index is 11.2. The summed E-state index contributed by atoms with van der Waals surface area (Å²) in [6.45, 7) is 0. The Labute approximate surface area is 108 Å². The maximum Gasteiger partial charge on any atom is 0.331 e. The summed E-state index contributed by atoms with van der Waals surface area (Å²) >= 11 is 3.49. The lowest BCUT2D eigenvalue weighted by molar-refractivity contribution is -0.132. The second-order valence-corrected chi connectivity index (χ2v) is 5.81. The first-order valence-electron chi connectivity index (χ1n) is 5.88. The van der Waals surface area contributed by atoms with Crippen molar-refractivity contribution in [3.05, 3.63) is 39.4 Å². The minimum atomic E-state index is -0.772. The topological polar surface area (TPSA) is 37.3 Å². The lowest BCUT2D eigenvalue weighted by Gasteiger charge is -2.36. The van der Waals surface area contributed by atoms with Crippen LogP contribution < -0.4 is 0 Å². The van der Waals surface area contributed by atoms with E-state index in [0.717, 1.165) is 16.5 Å². The van der Waals surface area contributed by atoms with E-state index >= 15 is 0 Å². The fourth-order valence-electron chi connectivity index (χ4n) is 2.90. The number of halogens is 1. The Morgan fingerprint density at radius 2 is 2.18 bits per heavy atom. The van der Waals surface area contributed by atoms with Crippen molar-refractivity contribution < 1.29 is 9.90 Å². The summed E-state index contributed by atoms with van der Waals surface area (Å²) in [5.74, 6) is 0.301. The van der Waals surface area contributed by atoms with Gasteiger partial charge in [-0.1, -0.05) is 22.0 Å². The van der Waals surface area contributed by atoms with Crippen molar-refractivity contribution in [2.24, 2.45) is 5.92 Å². The SMILES string of the molecule is O=C(O)C1=Cc2ccc(Br)cc2C2CCC2C1. The molecule has 1 N–H and O–H groups in total. The van der Waals surface area contributed by atoms with Crippen LogP contribution in [-0.2, 0) is 4.79 Å². The molecule has 1 fully saturated rings. The molecule has 3 rings (SSSR count). The maximum atomic E-state index is 11.2. The van der Waals surface area contributed by atoms with Crippen molar-refractivity contribution >= 4 is 28.0 Å². The lowest BCUT2D eigenvalue weighted by atomic mass is 9.68. The second-order valence-electron chi connectivity index (χ2n) is 4.90. The Morgan fingerprint density at radius 3 is 2.82 bits per heavy atom. The van der Waals surface area contributed by atoms with E-state index in [1.54, 1.807) is 0 Å². The number of fused-ring (bicyclic) bond motifs is 3. The number of aliphatic carboxylic acids is 1. The number of hydrogen-bond donors (Lipinski definition) is 1. The third-order valence-corrected chi connectivity index (χ3v) is 4.45. The Bertz CT molecular complexity index is 519. The molecule has 0 saturated heterocycles. The van der Waals surface area contributed by atoms with Gasteiger partial charge in [0.15, 0.2) is 0 Å². The van der Waals surface area contributed by atoms with E-state index in [1.807, 2.05) is 18.2 Å². The van der Waals surface area contributed by atoms with Gasteiger partial charge in [0, 0.05) is 10.0 Å². The molecule has 1 aromatic rings. The highest BCUT2D eigenvalue weighted by atomic mass is 79.9. The average molecular weight is 293 g/mol. The first-order chi connectivity index (χ1) is 8.15. The van der Waals surface area contributed by atoms with Crippen LogP contribution in [0.1, 0.15) is 36.3 Å². The zero-order chi connectivity index (χ0) is 12.0. The van der Waals surface area contributed by atoms with Crippen LogP contribution in [0.15, 0.2) is 28.2 Å². The molecule has 1 saturated carbocycles. The second kappa shape index (κ2) is 3.98. The molecule has 2 aliphatic rings. The van der Waals surface area contributed by atoms with Crippen LogP contribution in [0.3, 0.4) is 0 Å². The predicted molar refractivity (Wildman–Crippen MR) is 69.8 cm³/mol. The Balaban J connectivity index is 2.12. The molecule has 0 heterocycles. The van der Waals surface area contributed by atoms with Gasteiger partial charge in [-0.05, 0) is 60.4 Å². The zero-order valence-electron chi connectivity index (χ0n) is 9.32. The van der Waals surface area contributed by atoms with Gasteiger partial charge < -0.3 is 5.11 Å². The molecule has 2 unspecified atom stereocenters. The Morgan fingerprint density at radius 1 is 1.35 bits per heavy atom. The summed E-state index contributed by atoms with van der Waals surface area (Å²) in [5.41, 5.74) is 2.95. The summed E-state index contributed by atoms with van der Waals surface area (Å²) < 4.78 is 1.08. The van der Waals surface area contributed by atoms with Gasteiger partial charge in [-0.15, -0.1) is 0 Å². The normalized spacial score (nSPS) is 26.1. The van der Waals surface area contributed by atoms with Crippen molar-refractivity contribution in [3.8, 4) is 0 Å². The molecule has 0 bridgehead atoms. The molecule has 3 heteroatoms. The summed E-state index contributed by atoms with van der Waals surface area (Å²) in [7, 11) is 0. The van der Waals surface area contributed by atoms with Gasteiger partial charge in [-0.2, -0.15) is 0 Å². The zero-order valence-corrected chi connectivity index (χ0v) is 10.9. The quantitative estimate of drug-likeness (QED) is 0.854. The van der Waals surface area contributed by atoms with Crippen LogP contribution in [0.5, 0.6) is 0 Å². The van der Waals surface area contributed by atoms with Crippen molar-refractivity contribution in [1.29, 1.82) is 0 Å². The fourth-order valence-corrected chi connectivity index (χ4v) is 3.28.